The Balaban J connectivity index is 1.64. The second-order valence-electron chi connectivity index (χ2n) is 5.39. The van der Waals surface area contributed by atoms with Gasteiger partial charge in [-0.3, -0.25) is 4.79 Å². The number of hydrogen-bond acceptors (Lipinski definition) is 7. The van der Waals surface area contributed by atoms with E-state index in [0.717, 1.165) is 5.56 Å². The van der Waals surface area contributed by atoms with Crippen molar-refractivity contribution in [2.75, 3.05) is 11.9 Å². The highest BCUT2D eigenvalue weighted by molar-refractivity contribution is 7.17. The molecule has 0 aliphatic heterocycles. The lowest BCUT2D eigenvalue weighted by Gasteiger charge is -2.03. The van der Waals surface area contributed by atoms with Gasteiger partial charge < -0.3 is 14.6 Å². The maximum Gasteiger partial charge on any atom is 0.350 e. The molecule has 0 saturated carbocycles. The van der Waals surface area contributed by atoms with Crippen LogP contribution in [0.2, 0.25) is 5.02 Å². The fraction of sp³-hybridized carbons (Fsp3) is 0.176. The minimum absolute atomic E-state index is 0.265. The molecule has 2 aromatic heterocycles. The summed E-state index contributed by atoms with van der Waals surface area (Å²) in [5.41, 5.74) is 1.34. The average molecular weight is 392 g/mol. The quantitative estimate of drug-likeness (QED) is 0.663. The van der Waals surface area contributed by atoms with Gasteiger partial charge in [0.15, 0.2) is 12.4 Å². The molecule has 3 rings (SSSR count). The molecule has 0 bridgehead atoms. The summed E-state index contributed by atoms with van der Waals surface area (Å²) in [5, 5.41) is 7.34. The second-order valence-corrected chi connectivity index (χ2v) is 6.83. The van der Waals surface area contributed by atoms with Gasteiger partial charge in [-0.05, 0) is 26.0 Å². The number of benzene rings is 1. The molecule has 0 fully saturated rings. The fourth-order valence-corrected chi connectivity index (χ4v) is 3.28. The molecule has 134 valence electrons. The molecule has 0 spiro atoms. The van der Waals surface area contributed by atoms with Crippen molar-refractivity contribution in [1.82, 2.24) is 10.1 Å². The Labute approximate surface area is 157 Å². The standard InChI is InChI=1S/C17H14ClN3O4S/c1-9-6-13(21-25-9)20-14(22)8-24-17(23)15-10(2)19-16(26-15)11-4-3-5-12(18)7-11/h3-7H,8H2,1-2H3,(H,20,21,22). The van der Waals surface area contributed by atoms with E-state index in [-0.39, 0.29) is 5.82 Å². The fourth-order valence-electron chi connectivity index (χ4n) is 2.13. The smallest absolute Gasteiger partial charge is 0.350 e. The summed E-state index contributed by atoms with van der Waals surface area (Å²) in [6.07, 6.45) is 0. The molecule has 1 aromatic carbocycles. The molecule has 1 amide bonds. The minimum atomic E-state index is -0.611. The van der Waals surface area contributed by atoms with Gasteiger partial charge in [0.05, 0.1) is 5.69 Å². The number of esters is 1. The molecule has 26 heavy (non-hydrogen) atoms. The average Bonchev–Trinajstić information content (AvgIpc) is 3.18. The molecule has 9 heteroatoms. The number of aryl methyl sites for hydroxylation is 2. The minimum Gasteiger partial charge on any atom is -0.451 e. The summed E-state index contributed by atoms with van der Waals surface area (Å²) in [4.78, 5) is 28.8. The number of carbonyl (C=O) groups is 2. The Morgan fingerprint density at radius 1 is 1.31 bits per heavy atom. The van der Waals surface area contributed by atoms with Crippen LogP contribution in [-0.4, -0.2) is 28.6 Å². The number of ether oxygens (including phenoxy) is 1. The van der Waals surface area contributed by atoms with E-state index in [4.69, 9.17) is 20.9 Å². The van der Waals surface area contributed by atoms with Gasteiger partial charge in [0, 0.05) is 16.7 Å². The number of aromatic nitrogens is 2. The predicted octanol–water partition coefficient (Wildman–Crippen LogP) is 3.86. The maximum atomic E-state index is 12.2. The summed E-state index contributed by atoms with van der Waals surface area (Å²) >= 11 is 7.17. The zero-order valence-corrected chi connectivity index (χ0v) is 15.5. The second kappa shape index (κ2) is 7.67. The highest BCUT2D eigenvalue weighted by Crippen LogP contribution is 2.29. The number of halogens is 1. The predicted molar refractivity (Wildman–Crippen MR) is 97.4 cm³/mol. The molecule has 0 aliphatic carbocycles. The van der Waals surface area contributed by atoms with Gasteiger partial charge in [-0.1, -0.05) is 28.9 Å². The molecule has 7 nitrogen and oxygen atoms in total. The van der Waals surface area contributed by atoms with E-state index >= 15 is 0 Å². The van der Waals surface area contributed by atoms with Crippen LogP contribution in [-0.2, 0) is 9.53 Å². The van der Waals surface area contributed by atoms with Crippen LogP contribution in [0.4, 0.5) is 5.82 Å². The SMILES string of the molecule is Cc1cc(NC(=O)COC(=O)c2sc(-c3cccc(Cl)c3)nc2C)no1. The van der Waals surface area contributed by atoms with Gasteiger partial charge in [-0.2, -0.15) is 0 Å². The van der Waals surface area contributed by atoms with Crippen molar-refractivity contribution in [2.24, 2.45) is 0 Å². The van der Waals surface area contributed by atoms with Crippen molar-refractivity contribution in [3.63, 3.8) is 0 Å². The highest BCUT2D eigenvalue weighted by Gasteiger charge is 2.19. The third kappa shape index (κ3) is 4.27. The molecule has 2 heterocycles. The van der Waals surface area contributed by atoms with Crippen LogP contribution in [0, 0.1) is 13.8 Å². The van der Waals surface area contributed by atoms with Crippen LogP contribution < -0.4 is 5.32 Å². The van der Waals surface area contributed by atoms with E-state index < -0.39 is 18.5 Å². The van der Waals surface area contributed by atoms with Crippen molar-refractivity contribution in [3.05, 3.63) is 51.7 Å². The van der Waals surface area contributed by atoms with Crippen LogP contribution in [0.15, 0.2) is 34.9 Å². The lowest BCUT2D eigenvalue weighted by atomic mass is 10.2. The third-order valence-corrected chi connectivity index (χ3v) is 4.71. The largest absolute Gasteiger partial charge is 0.451 e. The number of anilines is 1. The number of amides is 1. The van der Waals surface area contributed by atoms with Crippen molar-refractivity contribution < 1.29 is 18.8 Å². The van der Waals surface area contributed by atoms with E-state index in [1.807, 2.05) is 12.1 Å². The maximum absolute atomic E-state index is 12.2. The lowest BCUT2D eigenvalue weighted by Crippen LogP contribution is -2.21. The summed E-state index contributed by atoms with van der Waals surface area (Å²) in [7, 11) is 0. The van der Waals surface area contributed by atoms with Gasteiger partial charge >= 0.3 is 5.97 Å². The topological polar surface area (TPSA) is 94.3 Å². The van der Waals surface area contributed by atoms with Crippen molar-refractivity contribution in [1.29, 1.82) is 0 Å². The molecule has 0 atom stereocenters. The van der Waals surface area contributed by atoms with E-state index in [2.05, 4.69) is 15.5 Å². The molecular formula is C17H14ClN3O4S. The van der Waals surface area contributed by atoms with Crippen molar-refractivity contribution in [2.45, 2.75) is 13.8 Å². The van der Waals surface area contributed by atoms with Gasteiger partial charge in [-0.15, -0.1) is 11.3 Å². The van der Waals surface area contributed by atoms with Crippen molar-refractivity contribution >= 4 is 40.6 Å². The Bertz CT molecular complexity index is 967. The zero-order valence-electron chi connectivity index (χ0n) is 13.9. The first-order chi connectivity index (χ1) is 12.4. The Morgan fingerprint density at radius 3 is 2.81 bits per heavy atom. The van der Waals surface area contributed by atoms with Crippen LogP contribution in [0.3, 0.4) is 0 Å². The van der Waals surface area contributed by atoms with E-state index in [1.54, 1.807) is 32.0 Å². The monoisotopic (exact) mass is 391 g/mol. The summed E-state index contributed by atoms with van der Waals surface area (Å²) in [6.45, 7) is 2.97. The number of carbonyl (C=O) groups excluding carboxylic acids is 2. The summed E-state index contributed by atoms with van der Waals surface area (Å²) in [5.74, 6) is -0.296. The molecule has 0 saturated heterocycles. The van der Waals surface area contributed by atoms with Crippen LogP contribution >= 0.6 is 22.9 Å². The third-order valence-electron chi connectivity index (χ3n) is 3.28. The molecule has 0 unspecified atom stereocenters. The van der Waals surface area contributed by atoms with Gasteiger partial charge in [0.2, 0.25) is 0 Å². The normalized spacial score (nSPS) is 10.6. The highest BCUT2D eigenvalue weighted by atomic mass is 35.5. The van der Waals surface area contributed by atoms with Gasteiger partial charge in [0.1, 0.15) is 15.6 Å². The molecule has 0 radical (unpaired) electrons. The lowest BCUT2D eigenvalue weighted by molar-refractivity contribution is -0.119. The number of rotatable bonds is 5. The first-order valence-electron chi connectivity index (χ1n) is 7.56. The number of nitrogens with one attached hydrogen (secondary N) is 1. The van der Waals surface area contributed by atoms with E-state index in [0.29, 0.717) is 26.4 Å². The van der Waals surface area contributed by atoms with Crippen LogP contribution in [0.5, 0.6) is 0 Å². The number of thiazole rings is 1. The summed E-state index contributed by atoms with van der Waals surface area (Å²) < 4.78 is 9.90. The molecule has 1 N–H and O–H groups in total. The summed E-state index contributed by atoms with van der Waals surface area (Å²) in [6, 6.07) is 8.75. The molecule has 0 aliphatic rings. The van der Waals surface area contributed by atoms with Gasteiger partial charge in [-0.25, -0.2) is 9.78 Å². The molecule has 3 aromatic rings. The zero-order chi connectivity index (χ0) is 18.7. The Hall–Kier alpha value is -2.71. The van der Waals surface area contributed by atoms with Crippen molar-refractivity contribution in [3.8, 4) is 10.6 Å². The first-order valence-corrected chi connectivity index (χ1v) is 8.75. The number of hydrogen-bond donors (Lipinski definition) is 1. The van der Waals surface area contributed by atoms with Crippen LogP contribution in [0.1, 0.15) is 21.1 Å². The Morgan fingerprint density at radius 2 is 2.12 bits per heavy atom. The van der Waals surface area contributed by atoms with Gasteiger partial charge in [0.25, 0.3) is 5.91 Å². The van der Waals surface area contributed by atoms with E-state index in [1.165, 1.54) is 11.3 Å². The first kappa shape index (κ1) is 18.1. The number of nitrogens with zero attached hydrogens (tertiary/aromatic N) is 2. The Kier molecular flexibility index (Phi) is 5.34. The van der Waals surface area contributed by atoms with E-state index in [9.17, 15) is 9.59 Å². The van der Waals surface area contributed by atoms with Crippen LogP contribution in [0.25, 0.3) is 10.6 Å². The molecular weight excluding hydrogens is 378 g/mol.